The van der Waals surface area contributed by atoms with E-state index in [0.717, 1.165) is 22.7 Å². The number of amides is 1. The molecule has 3 aromatic rings. The van der Waals surface area contributed by atoms with Crippen LogP contribution in [0.1, 0.15) is 10.4 Å². The number of aromatic nitrogens is 1. The minimum atomic E-state index is -3.79. The second kappa shape index (κ2) is 8.14. The number of pyridine rings is 1. The smallest absolute Gasteiger partial charge is 0.255 e. The molecule has 0 aliphatic carbocycles. The average Bonchev–Trinajstić information content (AvgIpc) is 2.66. The minimum Gasteiger partial charge on any atom is -0.322 e. The van der Waals surface area contributed by atoms with Crippen LogP contribution in [0, 0.1) is 11.6 Å². The van der Waals surface area contributed by atoms with Gasteiger partial charge in [0.15, 0.2) is 11.6 Å². The molecule has 2 aromatic carbocycles. The number of rotatable bonds is 5. The van der Waals surface area contributed by atoms with Crippen LogP contribution >= 0.6 is 11.6 Å². The fourth-order valence-corrected chi connectivity index (χ4v) is 3.59. The Hall–Kier alpha value is -3.04. The quantitative estimate of drug-likeness (QED) is 0.643. The zero-order valence-corrected chi connectivity index (χ0v) is 16.5. The molecule has 0 aliphatic heterocycles. The van der Waals surface area contributed by atoms with E-state index in [1.165, 1.54) is 48.7 Å². The van der Waals surface area contributed by atoms with Crippen LogP contribution in [-0.2, 0) is 10.0 Å². The summed E-state index contributed by atoms with van der Waals surface area (Å²) in [4.78, 5) is 16.5. The molecule has 0 saturated carbocycles. The lowest BCUT2D eigenvalue weighted by atomic mass is 10.2. The van der Waals surface area contributed by atoms with E-state index in [-0.39, 0.29) is 22.8 Å². The van der Waals surface area contributed by atoms with Crippen LogP contribution in [-0.4, -0.2) is 25.6 Å². The van der Waals surface area contributed by atoms with E-state index in [9.17, 15) is 22.0 Å². The maximum Gasteiger partial charge on any atom is 0.255 e. The van der Waals surface area contributed by atoms with Crippen LogP contribution in [0.3, 0.4) is 0 Å². The number of hydrogen-bond donors (Lipinski definition) is 1. The second-order valence-corrected chi connectivity index (χ2v) is 8.26. The molecule has 1 N–H and O–H groups in total. The number of carbonyl (C=O) groups excluding carboxylic acids is 1. The number of nitrogens with one attached hydrogen (secondary N) is 1. The Bertz CT molecular complexity index is 1170. The van der Waals surface area contributed by atoms with E-state index in [1.807, 2.05) is 0 Å². The first-order valence-electron chi connectivity index (χ1n) is 8.13. The lowest BCUT2D eigenvalue weighted by molar-refractivity contribution is 0.102. The van der Waals surface area contributed by atoms with E-state index in [4.69, 9.17) is 11.6 Å². The number of anilines is 3. The first-order chi connectivity index (χ1) is 13.6. The van der Waals surface area contributed by atoms with Gasteiger partial charge in [-0.1, -0.05) is 11.6 Å². The Balaban J connectivity index is 1.94. The van der Waals surface area contributed by atoms with Crippen molar-refractivity contribution < 1.29 is 22.0 Å². The average molecular weight is 438 g/mol. The van der Waals surface area contributed by atoms with Crippen molar-refractivity contribution in [3.63, 3.8) is 0 Å². The molecular weight excluding hydrogens is 424 g/mol. The third kappa shape index (κ3) is 4.87. The van der Waals surface area contributed by atoms with E-state index in [1.54, 1.807) is 0 Å². The van der Waals surface area contributed by atoms with Gasteiger partial charge in [-0.2, -0.15) is 0 Å². The third-order valence-electron chi connectivity index (χ3n) is 3.79. The SMILES string of the molecule is CS(=O)(=O)N(c1ccc(Cl)cc1)c1cc(C(=O)Nc2ccc(F)c(F)c2)ccn1. The van der Waals surface area contributed by atoms with Gasteiger partial charge >= 0.3 is 0 Å². The van der Waals surface area contributed by atoms with E-state index in [0.29, 0.717) is 5.02 Å². The number of hydrogen-bond acceptors (Lipinski definition) is 4. The summed E-state index contributed by atoms with van der Waals surface area (Å²) in [5.41, 5.74) is 0.398. The number of benzene rings is 2. The molecule has 0 radical (unpaired) electrons. The van der Waals surface area contributed by atoms with Gasteiger partial charge in [0.2, 0.25) is 10.0 Å². The Morgan fingerprint density at radius 3 is 2.34 bits per heavy atom. The van der Waals surface area contributed by atoms with Gasteiger partial charge in [0.1, 0.15) is 5.82 Å². The molecule has 0 fully saturated rings. The molecule has 3 rings (SSSR count). The molecule has 10 heteroatoms. The van der Waals surface area contributed by atoms with Crippen molar-refractivity contribution in [2.24, 2.45) is 0 Å². The summed E-state index contributed by atoms with van der Waals surface area (Å²) in [7, 11) is -3.79. The lowest BCUT2D eigenvalue weighted by Crippen LogP contribution is -2.26. The van der Waals surface area contributed by atoms with Gasteiger partial charge in [0.25, 0.3) is 5.91 Å². The van der Waals surface area contributed by atoms with Gasteiger partial charge in [0.05, 0.1) is 11.9 Å². The monoisotopic (exact) mass is 437 g/mol. The Morgan fingerprint density at radius 1 is 1.03 bits per heavy atom. The van der Waals surface area contributed by atoms with Crippen molar-refractivity contribution >= 4 is 44.7 Å². The normalized spacial score (nSPS) is 11.2. The largest absolute Gasteiger partial charge is 0.322 e. The highest BCUT2D eigenvalue weighted by atomic mass is 35.5. The highest BCUT2D eigenvalue weighted by Gasteiger charge is 2.22. The van der Waals surface area contributed by atoms with E-state index < -0.39 is 27.6 Å². The number of halogens is 3. The summed E-state index contributed by atoms with van der Waals surface area (Å²) in [6, 6.07) is 11.6. The Morgan fingerprint density at radius 2 is 1.72 bits per heavy atom. The lowest BCUT2D eigenvalue weighted by Gasteiger charge is -2.21. The van der Waals surface area contributed by atoms with Gasteiger partial charge < -0.3 is 5.32 Å². The summed E-state index contributed by atoms with van der Waals surface area (Å²) in [6.45, 7) is 0. The fraction of sp³-hybridized carbons (Fsp3) is 0.0526. The number of sulfonamides is 1. The Labute approximate surface area is 170 Å². The predicted octanol–water partition coefficient (Wildman–Crippen LogP) is 4.36. The maximum absolute atomic E-state index is 13.3. The molecule has 6 nitrogen and oxygen atoms in total. The van der Waals surface area contributed by atoms with Gasteiger partial charge in [-0.05, 0) is 48.5 Å². The molecule has 0 atom stereocenters. The molecule has 1 aromatic heterocycles. The molecule has 0 bridgehead atoms. The van der Waals surface area contributed by atoms with Crippen molar-refractivity contribution in [2.75, 3.05) is 15.9 Å². The van der Waals surface area contributed by atoms with Crippen molar-refractivity contribution in [1.29, 1.82) is 0 Å². The van der Waals surface area contributed by atoms with Crippen LogP contribution in [0.5, 0.6) is 0 Å². The molecular formula is C19H14ClF2N3O3S. The maximum atomic E-state index is 13.3. The fourth-order valence-electron chi connectivity index (χ4n) is 2.52. The molecule has 1 amide bonds. The molecule has 0 aliphatic rings. The Kier molecular flexibility index (Phi) is 5.81. The zero-order chi connectivity index (χ0) is 21.2. The van der Waals surface area contributed by atoms with Crippen molar-refractivity contribution in [3.05, 3.63) is 83.0 Å². The van der Waals surface area contributed by atoms with Gasteiger partial charge in [0, 0.05) is 28.5 Å². The highest BCUT2D eigenvalue weighted by Crippen LogP contribution is 2.28. The summed E-state index contributed by atoms with van der Waals surface area (Å²) < 4.78 is 52.0. The third-order valence-corrected chi connectivity index (χ3v) is 5.10. The van der Waals surface area contributed by atoms with Crippen molar-refractivity contribution in [1.82, 2.24) is 4.98 Å². The predicted molar refractivity (Wildman–Crippen MR) is 107 cm³/mol. The summed E-state index contributed by atoms with van der Waals surface area (Å²) in [5.74, 6) is -2.82. The van der Waals surface area contributed by atoms with Crippen molar-refractivity contribution in [3.8, 4) is 0 Å². The molecule has 0 spiro atoms. The molecule has 29 heavy (non-hydrogen) atoms. The summed E-state index contributed by atoms with van der Waals surface area (Å²) in [5, 5.41) is 2.85. The number of carbonyl (C=O) groups is 1. The first-order valence-corrected chi connectivity index (χ1v) is 10.4. The molecule has 0 unspecified atom stereocenters. The zero-order valence-electron chi connectivity index (χ0n) is 14.9. The van der Waals surface area contributed by atoms with Gasteiger partial charge in [-0.15, -0.1) is 0 Å². The standard InChI is InChI=1S/C19H14ClF2N3O3S/c1-29(27,28)25(15-5-2-13(20)3-6-15)18-10-12(8-9-23-18)19(26)24-14-4-7-16(21)17(22)11-14/h2-11H,1H3,(H,24,26). The molecule has 1 heterocycles. The van der Waals surface area contributed by atoms with E-state index in [2.05, 4.69) is 10.3 Å². The minimum absolute atomic E-state index is 0.0206. The summed E-state index contributed by atoms with van der Waals surface area (Å²) in [6.07, 6.45) is 2.26. The highest BCUT2D eigenvalue weighted by molar-refractivity contribution is 7.92. The topological polar surface area (TPSA) is 79.4 Å². The van der Waals surface area contributed by atoms with Crippen molar-refractivity contribution in [2.45, 2.75) is 0 Å². The van der Waals surface area contributed by atoms with E-state index >= 15 is 0 Å². The van der Waals surface area contributed by atoms with Crippen LogP contribution in [0.4, 0.5) is 26.0 Å². The number of nitrogens with zero attached hydrogens (tertiary/aromatic N) is 2. The van der Waals surface area contributed by atoms with Crippen LogP contribution in [0.15, 0.2) is 60.8 Å². The molecule has 0 saturated heterocycles. The second-order valence-electron chi connectivity index (χ2n) is 5.99. The first kappa shape index (κ1) is 20.7. The van der Waals surface area contributed by atoms with Crippen LogP contribution < -0.4 is 9.62 Å². The van der Waals surface area contributed by atoms with Gasteiger partial charge in [-0.3, -0.25) is 4.79 Å². The van der Waals surface area contributed by atoms with Crippen LogP contribution in [0.25, 0.3) is 0 Å². The van der Waals surface area contributed by atoms with Crippen LogP contribution in [0.2, 0.25) is 5.02 Å². The summed E-state index contributed by atoms with van der Waals surface area (Å²) >= 11 is 5.85. The molecule has 150 valence electrons. The van der Waals surface area contributed by atoms with Gasteiger partial charge in [-0.25, -0.2) is 26.5 Å².